The molecule has 3 heterocycles. The van der Waals surface area contributed by atoms with Crippen LogP contribution in [0.3, 0.4) is 0 Å². The van der Waals surface area contributed by atoms with E-state index in [2.05, 4.69) is 4.57 Å². The van der Waals surface area contributed by atoms with Gasteiger partial charge >= 0.3 is 0 Å². The Kier molecular flexibility index (Phi) is 6.42. The molecule has 2 aliphatic heterocycles. The number of imide groups is 1. The maximum Gasteiger partial charge on any atom is 0.294 e. The molecule has 0 spiro atoms. The van der Waals surface area contributed by atoms with Gasteiger partial charge in [0.2, 0.25) is 5.91 Å². The molecule has 9 heteroatoms. The van der Waals surface area contributed by atoms with E-state index in [1.807, 2.05) is 36.5 Å². The number of aromatic nitrogens is 1. The van der Waals surface area contributed by atoms with Crippen molar-refractivity contribution < 1.29 is 14.4 Å². The average Bonchev–Trinajstić information content (AvgIpc) is 3.53. The molecular formula is C25H21Cl2N3O3S. The summed E-state index contributed by atoms with van der Waals surface area (Å²) in [5, 5.41) is 1.69. The van der Waals surface area contributed by atoms with Crippen molar-refractivity contribution in [2.75, 3.05) is 19.6 Å². The number of thioether (sulfide) groups is 1. The molecule has 2 aliphatic rings. The average molecular weight is 514 g/mol. The van der Waals surface area contributed by atoms with Crippen LogP contribution in [-0.2, 0) is 16.1 Å². The number of hydrogen-bond acceptors (Lipinski definition) is 4. The smallest absolute Gasteiger partial charge is 0.294 e. The Morgan fingerprint density at radius 3 is 2.59 bits per heavy atom. The quantitative estimate of drug-likeness (QED) is 0.413. The second-order valence-electron chi connectivity index (χ2n) is 8.32. The molecule has 174 valence electrons. The first-order chi connectivity index (χ1) is 16.4. The van der Waals surface area contributed by atoms with Gasteiger partial charge in [0.15, 0.2) is 0 Å². The van der Waals surface area contributed by atoms with Crippen molar-refractivity contribution in [2.45, 2.75) is 19.4 Å². The van der Waals surface area contributed by atoms with Gasteiger partial charge in [-0.3, -0.25) is 19.3 Å². The molecule has 0 aliphatic carbocycles. The van der Waals surface area contributed by atoms with Crippen LogP contribution in [0.4, 0.5) is 4.79 Å². The van der Waals surface area contributed by atoms with E-state index < -0.39 is 11.1 Å². The van der Waals surface area contributed by atoms with Crippen molar-refractivity contribution in [1.82, 2.24) is 14.4 Å². The number of nitrogens with zero attached hydrogens (tertiary/aromatic N) is 3. The van der Waals surface area contributed by atoms with Crippen LogP contribution >= 0.6 is 35.0 Å². The molecule has 0 atom stereocenters. The Morgan fingerprint density at radius 2 is 1.82 bits per heavy atom. The number of para-hydroxylation sites is 1. The minimum absolute atomic E-state index is 0.183. The zero-order chi connectivity index (χ0) is 23.8. The Balaban J connectivity index is 1.43. The summed E-state index contributed by atoms with van der Waals surface area (Å²) in [7, 11) is 0. The first kappa shape index (κ1) is 23.0. The third-order valence-corrected chi connectivity index (χ3v) is 7.58. The van der Waals surface area contributed by atoms with Crippen LogP contribution in [0.1, 0.15) is 24.0 Å². The van der Waals surface area contributed by atoms with Crippen LogP contribution in [-0.4, -0.2) is 51.1 Å². The van der Waals surface area contributed by atoms with Gasteiger partial charge in [-0.1, -0.05) is 47.5 Å². The molecule has 2 aromatic carbocycles. The monoisotopic (exact) mass is 513 g/mol. The third kappa shape index (κ3) is 4.48. The number of halogens is 2. The van der Waals surface area contributed by atoms with Crippen molar-refractivity contribution in [3.05, 3.63) is 74.7 Å². The predicted octanol–water partition coefficient (Wildman–Crippen LogP) is 5.66. The van der Waals surface area contributed by atoms with Crippen molar-refractivity contribution in [3.8, 4) is 0 Å². The molecule has 6 nitrogen and oxygen atoms in total. The molecule has 0 bridgehead atoms. The highest BCUT2D eigenvalue weighted by Gasteiger charge is 2.37. The molecular weight excluding hydrogens is 493 g/mol. The number of amides is 3. The topological polar surface area (TPSA) is 62.6 Å². The van der Waals surface area contributed by atoms with Gasteiger partial charge < -0.3 is 9.47 Å². The minimum Gasteiger partial charge on any atom is -0.342 e. The Labute approximate surface area is 211 Å². The largest absolute Gasteiger partial charge is 0.342 e. The van der Waals surface area contributed by atoms with Gasteiger partial charge in [0.25, 0.3) is 11.1 Å². The van der Waals surface area contributed by atoms with Gasteiger partial charge in [-0.15, -0.1) is 0 Å². The first-order valence-electron chi connectivity index (χ1n) is 11.0. The number of hydrogen-bond donors (Lipinski definition) is 0. The van der Waals surface area contributed by atoms with E-state index in [9.17, 15) is 14.4 Å². The maximum atomic E-state index is 13.0. The third-order valence-electron chi connectivity index (χ3n) is 6.09. The second kappa shape index (κ2) is 9.49. The van der Waals surface area contributed by atoms with Crippen LogP contribution < -0.4 is 0 Å². The lowest BCUT2D eigenvalue weighted by Crippen LogP contribution is -2.40. The van der Waals surface area contributed by atoms with Gasteiger partial charge in [-0.2, -0.15) is 0 Å². The summed E-state index contributed by atoms with van der Waals surface area (Å²) in [5.74, 6) is -0.613. The first-order valence-corrected chi connectivity index (χ1v) is 12.5. The fraction of sp³-hybridized carbons (Fsp3) is 0.240. The Hall–Kier alpha value is -2.74. The maximum absolute atomic E-state index is 13.0. The zero-order valence-electron chi connectivity index (χ0n) is 18.2. The molecule has 3 amide bonds. The zero-order valence-corrected chi connectivity index (χ0v) is 20.5. The summed E-state index contributed by atoms with van der Waals surface area (Å²) < 4.78 is 2.05. The Bertz CT molecular complexity index is 1340. The standard InChI is InChI=1S/C25H21Cl2N3O3S/c26-18-8-7-16(20(27)12-18)13-29-14-17(19-5-1-2-6-21(19)29)11-22-24(32)30(25(33)34-22)15-23(31)28-9-3-4-10-28/h1-2,5-8,11-12,14H,3-4,9-10,13,15H2/b22-11-. The number of rotatable bonds is 5. The van der Waals surface area contributed by atoms with Gasteiger partial charge in [0, 0.05) is 52.3 Å². The van der Waals surface area contributed by atoms with Crippen LogP contribution in [0.2, 0.25) is 10.0 Å². The van der Waals surface area contributed by atoms with Gasteiger partial charge in [-0.25, -0.2) is 0 Å². The second-order valence-corrected chi connectivity index (χ2v) is 10.2. The summed E-state index contributed by atoms with van der Waals surface area (Å²) in [5.41, 5.74) is 2.71. The number of carbonyl (C=O) groups is 3. The summed E-state index contributed by atoms with van der Waals surface area (Å²) in [6.07, 6.45) is 5.59. The summed E-state index contributed by atoms with van der Waals surface area (Å²) in [6.45, 7) is 1.68. The molecule has 0 unspecified atom stereocenters. The van der Waals surface area contributed by atoms with Gasteiger partial charge in [-0.05, 0) is 54.4 Å². The van der Waals surface area contributed by atoms with Crippen molar-refractivity contribution in [1.29, 1.82) is 0 Å². The SMILES string of the molecule is O=C(CN1C(=O)S/C(=C\c2cn(Cc3ccc(Cl)cc3Cl)c3ccccc23)C1=O)N1CCCC1. The van der Waals surface area contributed by atoms with Crippen molar-refractivity contribution >= 4 is 69.0 Å². The fourth-order valence-electron chi connectivity index (χ4n) is 4.33. The number of likely N-dealkylation sites (tertiary alicyclic amines) is 1. The van der Waals surface area contributed by atoms with E-state index in [-0.39, 0.29) is 12.5 Å². The minimum atomic E-state index is -0.430. The van der Waals surface area contributed by atoms with E-state index in [4.69, 9.17) is 23.2 Å². The normalized spacial score (nSPS) is 17.5. The molecule has 0 radical (unpaired) electrons. The highest BCUT2D eigenvalue weighted by atomic mass is 35.5. The molecule has 2 fully saturated rings. The highest BCUT2D eigenvalue weighted by Crippen LogP contribution is 2.34. The number of carbonyl (C=O) groups excluding carboxylic acids is 3. The molecule has 0 N–H and O–H groups in total. The summed E-state index contributed by atoms with van der Waals surface area (Å²) in [4.78, 5) is 41.1. The number of fused-ring (bicyclic) bond motifs is 1. The predicted molar refractivity (Wildman–Crippen MR) is 136 cm³/mol. The Morgan fingerprint density at radius 1 is 1.06 bits per heavy atom. The lowest BCUT2D eigenvalue weighted by molar-refractivity contribution is -0.135. The van der Waals surface area contributed by atoms with E-state index >= 15 is 0 Å². The lowest BCUT2D eigenvalue weighted by atomic mass is 10.1. The molecule has 3 aromatic rings. The molecule has 2 saturated heterocycles. The fourth-order valence-corrected chi connectivity index (χ4v) is 5.63. The van der Waals surface area contributed by atoms with Crippen molar-refractivity contribution in [2.24, 2.45) is 0 Å². The summed E-state index contributed by atoms with van der Waals surface area (Å²) >= 11 is 13.3. The van der Waals surface area contributed by atoms with E-state index in [0.717, 1.165) is 51.5 Å². The molecule has 34 heavy (non-hydrogen) atoms. The van der Waals surface area contributed by atoms with E-state index in [1.54, 1.807) is 23.1 Å². The lowest BCUT2D eigenvalue weighted by Gasteiger charge is -2.18. The summed E-state index contributed by atoms with van der Waals surface area (Å²) in [6, 6.07) is 13.3. The van der Waals surface area contributed by atoms with Crippen LogP contribution in [0.5, 0.6) is 0 Å². The van der Waals surface area contributed by atoms with Crippen molar-refractivity contribution in [3.63, 3.8) is 0 Å². The van der Waals surface area contributed by atoms with E-state index in [0.29, 0.717) is 34.6 Å². The molecule has 1 aromatic heterocycles. The molecule has 5 rings (SSSR count). The van der Waals surface area contributed by atoms with Gasteiger partial charge in [0.1, 0.15) is 6.54 Å². The van der Waals surface area contributed by atoms with Crippen LogP contribution in [0, 0.1) is 0 Å². The highest BCUT2D eigenvalue weighted by molar-refractivity contribution is 8.18. The molecule has 0 saturated carbocycles. The van der Waals surface area contributed by atoms with Crippen LogP contribution in [0.15, 0.2) is 53.6 Å². The number of benzene rings is 2. The van der Waals surface area contributed by atoms with E-state index in [1.165, 1.54) is 0 Å². The van der Waals surface area contributed by atoms with Gasteiger partial charge in [0.05, 0.1) is 4.91 Å². The van der Waals surface area contributed by atoms with Crippen LogP contribution in [0.25, 0.3) is 17.0 Å².